The monoisotopic (exact) mass is 353 g/mol. The lowest BCUT2D eigenvalue weighted by Gasteiger charge is -2.11. The van der Waals surface area contributed by atoms with Crippen LogP contribution >= 0.6 is 0 Å². The minimum absolute atomic E-state index is 0.238. The molecule has 2 N–H and O–H groups in total. The van der Waals surface area contributed by atoms with Gasteiger partial charge in [-0.2, -0.15) is 10.2 Å². The molecule has 2 aromatic heterocycles. The number of para-hydroxylation sites is 1. The molecule has 26 heavy (non-hydrogen) atoms. The maximum atomic E-state index is 14.0. The zero-order chi connectivity index (χ0) is 18.1. The molecule has 1 aromatic carbocycles. The largest absolute Gasteiger partial charge is 0.346 e. The highest BCUT2D eigenvalue weighted by atomic mass is 19.1. The van der Waals surface area contributed by atoms with E-state index in [0.29, 0.717) is 23.5 Å². The van der Waals surface area contributed by atoms with Crippen LogP contribution in [0.15, 0.2) is 30.5 Å². The van der Waals surface area contributed by atoms with Gasteiger partial charge in [-0.15, -0.1) is 0 Å². The zero-order valence-corrected chi connectivity index (χ0v) is 14.6. The molecule has 0 aliphatic heterocycles. The van der Waals surface area contributed by atoms with Crippen LogP contribution in [-0.4, -0.2) is 25.9 Å². The van der Waals surface area contributed by atoms with E-state index in [4.69, 9.17) is 0 Å². The van der Waals surface area contributed by atoms with Crippen molar-refractivity contribution < 1.29 is 9.18 Å². The first-order valence-corrected chi connectivity index (χ1v) is 8.78. The van der Waals surface area contributed by atoms with Crippen molar-refractivity contribution in [3.63, 3.8) is 0 Å². The number of carbonyl (C=O) groups excluding carboxylic acids is 1. The summed E-state index contributed by atoms with van der Waals surface area (Å²) < 4.78 is 15.4. The molecule has 2 heterocycles. The Morgan fingerprint density at radius 3 is 2.96 bits per heavy atom. The van der Waals surface area contributed by atoms with Crippen molar-refractivity contribution in [1.29, 1.82) is 0 Å². The summed E-state index contributed by atoms with van der Waals surface area (Å²) in [5.74, 6) is -0.619. The highest BCUT2D eigenvalue weighted by Crippen LogP contribution is 2.22. The van der Waals surface area contributed by atoms with E-state index >= 15 is 0 Å². The van der Waals surface area contributed by atoms with Crippen LogP contribution in [0.3, 0.4) is 0 Å². The number of aromatic amines is 1. The zero-order valence-electron chi connectivity index (χ0n) is 14.6. The molecule has 134 valence electrons. The lowest BCUT2D eigenvalue weighted by Crippen LogP contribution is -2.24. The molecule has 7 heteroatoms. The van der Waals surface area contributed by atoms with Crippen molar-refractivity contribution in [2.24, 2.45) is 0 Å². The number of benzene rings is 1. The standard InChI is InChI=1S/C19H20FN5O/c1-12-14(10-22-25(12)18-9-5-3-7-15(18)20)19(26)21-11-17-13-6-2-4-8-16(13)23-24-17/h3,5,7,9-10H,2,4,6,8,11H2,1H3,(H,21,26)(H,23,24). The quantitative estimate of drug-likeness (QED) is 0.757. The van der Waals surface area contributed by atoms with Crippen LogP contribution in [0, 0.1) is 12.7 Å². The maximum absolute atomic E-state index is 14.0. The summed E-state index contributed by atoms with van der Waals surface area (Å²) >= 11 is 0. The summed E-state index contributed by atoms with van der Waals surface area (Å²) in [6.07, 6.45) is 5.82. The number of fused-ring (bicyclic) bond motifs is 1. The van der Waals surface area contributed by atoms with Crippen LogP contribution in [0.2, 0.25) is 0 Å². The summed E-state index contributed by atoms with van der Waals surface area (Å²) in [7, 11) is 0. The van der Waals surface area contributed by atoms with Gasteiger partial charge in [0.1, 0.15) is 11.5 Å². The van der Waals surface area contributed by atoms with Gasteiger partial charge in [0.2, 0.25) is 0 Å². The van der Waals surface area contributed by atoms with Crippen LogP contribution in [0.4, 0.5) is 4.39 Å². The fourth-order valence-electron chi connectivity index (χ4n) is 3.45. The van der Waals surface area contributed by atoms with E-state index in [1.54, 1.807) is 25.1 Å². The molecular formula is C19H20FN5O. The molecule has 6 nitrogen and oxygen atoms in total. The highest BCUT2D eigenvalue weighted by molar-refractivity contribution is 5.95. The Bertz CT molecular complexity index is 959. The molecule has 0 saturated carbocycles. The first kappa shape index (κ1) is 16.5. The van der Waals surface area contributed by atoms with Crippen molar-refractivity contribution >= 4 is 5.91 Å². The number of nitrogens with zero attached hydrogens (tertiary/aromatic N) is 3. The van der Waals surface area contributed by atoms with E-state index in [2.05, 4.69) is 20.6 Å². The number of rotatable bonds is 4. The first-order valence-electron chi connectivity index (χ1n) is 8.78. The van der Waals surface area contributed by atoms with Crippen molar-refractivity contribution in [3.8, 4) is 5.69 Å². The van der Waals surface area contributed by atoms with E-state index in [1.165, 1.54) is 34.6 Å². The molecule has 0 saturated heterocycles. The molecule has 0 fully saturated rings. The van der Waals surface area contributed by atoms with Crippen LogP contribution in [0.5, 0.6) is 0 Å². The number of amides is 1. The third-order valence-corrected chi connectivity index (χ3v) is 4.89. The van der Waals surface area contributed by atoms with Gasteiger partial charge in [-0.3, -0.25) is 9.89 Å². The van der Waals surface area contributed by atoms with Gasteiger partial charge >= 0.3 is 0 Å². The Morgan fingerprint density at radius 1 is 1.31 bits per heavy atom. The van der Waals surface area contributed by atoms with Gasteiger partial charge in [0, 0.05) is 5.69 Å². The minimum atomic E-state index is -0.381. The molecule has 3 aromatic rings. The smallest absolute Gasteiger partial charge is 0.255 e. The Balaban J connectivity index is 1.51. The van der Waals surface area contributed by atoms with Crippen LogP contribution < -0.4 is 5.32 Å². The average molecular weight is 353 g/mol. The minimum Gasteiger partial charge on any atom is -0.346 e. The number of hydrogen-bond donors (Lipinski definition) is 2. The molecule has 0 bridgehead atoms. The third kappa shape index (κ3) is 2.89. The number of halogens is 1. The Morgan fingerprint density at radius 2 is 2.12 bits per heavy atom. The summed E-state index contributed by atoms with van der Waals surface area (Å²) in [5.41, 5.74) is 4.66. The highest BCUT2D eigenvalue weighted by Gasteiger charge is 2.19. The van der Waals surface area contributed by atoms with Gasteiger partial charge < -0.3 is 5.32 Å². The molecule has 1 aliphatic carbocycles. The van der Waals surface area contributed by atoms with Gasteiger partial charge in [-0.1, -0.05) is 12.1 Å². The number of hydrogen-bond acceptors (Lipinski definition) is 3. The second-order valence-corrected chi connectivity index (χ2v) is 6.52. The van der Waals surface area contributed by atoms with Gasteiger partial charge in [0.25, 0.3) is 5.91 Å². The number of aromatic nitrogens is 4. The normalized spacial score (nSPS) is 13.5. The van der Waals surface area contributed by atoms with Gasteiger partial charge in [-0.05, 0) is 50.3 Å². The van der Waals surface area contributed by atoms with E-state index < -0.39 is 0 Å². The Labute approximate surface area is 150 Å². The average Bonchev–Trinajstić information content (AvgIpc) is 3.24. The second-order valence-electron chi connectivity index (χ2n) is 6.52. The van der Waals surface area contributed by atoms with Crippen molar-refractivity contribution in [2.45, 2.75) is 39.2 Å². The number of H-pyrrole nitrogens is 1. The predicted octanol–water partition coefficient (Wildman–Crippen LogP) is 2.85. The summed E-state index contributed by atoms with van der Waals surface area (Å²) in [6.45, 7) is 2.12. The van der Waals surface area contributed by atoms with Gasteiger partial charge in [0.05, 0.1) is 29.7 Å². The summed E-state index contributed by atoms with van der Waals surface area (Å²) in [4.78, 5) is 12.6. The first-order chi connectivity index (χ1) is 12.6. The molecule has 0 atom stereocenters. The SMILES string of the molecule is Cc1c(C(=O)NCc2n[nH]c3c2CCCC3)cnn1-c1ccccc1F. The van der Waals surface area contributed by atoms with E-state index in [0.717, 1.165) is 25.0 Å². The molecule has 4 rings (SSSR count). The van der Waals surface area contributed by atoms with Crippen LogP contribution in [0.1, 0.15) is 45.8 Å². The predicted molar refractivity (Wildman–Crippen MR) is 94.7 cm³/mol. The van der Waals surface area contributed by atoms with Crippen molar-refractivity contribution in [3.05, 3.63) is 64.5 Å². The molecular weight excluding hydrogens is 333 g/mol. The number of nitrogens with one attached hydrogen (secondary N) is 2. The van der Waals surface area contributed by atoms with E-state index in [9.17, 15) is 9.18 Å². The second kappa shape index (κ2) is 6.74. The maximum Gasteiger partial charge on any atom is 0.255 e. The van der Waals surface area contributed by atoms with Crippen molar-refractivity contribution in [1.82, 2.24) is 25.3 Å². The van der Waals surface area contributed by atoms with Gasteiger partial charge in [-0.25, -0.2) is 9.07 Å². The van der Waals surface area contributed by atoms with E-state index in [1.807, 2.05) is 0 Å². The molecule has 0 spiro atoms. The Hall–Kier alpha value is -2.96. The topological polar surface area (TPSA) is 75.6 Å². The van der Waals surface area contributed by atoms with Crippen LogP contribution in [0.25, 0.3) is 5.69 Å². The molecule has 0 radical (unpaired) electrons. The summed E-state index contributed by atoms with van der Waals surface area (Å²) in [5, 5.41) is 14.5. The van der Waals surface area contributed by atoms with E-state index in [-0.39, 0.29) is 11.7 Å². The number of aryl methyl sites for hydroxylation is 1. The fourth-order valence-corrected chi connectivity index (χ4v) is 3.45. The Kier molecular flexibility index (Phi) is 4.28. The fraction of sp³-hybridized carbons (Fsp3) is 0.316. The van der Waals surface area contributed by atoms with Crippen LogP contribution in [-0.2, 0) is 19.4 Å². The lowest BCUT2D eigenvalue weighted by atomic mass is 9.96. The van der Waals surface area contributed by atoms with Gasteiger partial charge in [0.15, 0.2) is 0 Å². The lowest BCUT2D eigenvalue weighted by molar-refractivity contribution is 0.0949. The van der Waals surface area contributed by atoms with Crippen molar-refractivity contribution in [2.75, 3.05) is 0 Å². The molecule has 1 aliphatic rings. The molecule has 0 unspecified atom stereocenters. The molecule has 1 amide bonds. The summed E-state index contributed by atoms with van der Waals surface area (Å²) in [6, 6.07) is 6.36. The number of carbonyl (C=O) groups is 1. The third-order valence-electron chi connectivity index (χ3n) is 4.89.